The monoisotopic (exact) mass is 269 g/mol. The first-order valence-electron chi connectivity index (χ1n) is 6.20. The number of aromatic nitrogens is 4. The van der Waals surface area contributed by atoms with Gasteiger partial charge in [0.1, 0.15) is 5.82 Å². The molecule has 2 aromatic rings. The topological polar surface area (TPSA) is 47.7 Å². The fourth-order valence-corrected chi connectivity index (χ4v) is 1.80. The zero-order chi connectivity index (χ0) is 13.8. The van der Waals surface area contributed by atoms with E-state index in [2.05, 4.69) is 22.4 Å². The van der Waals surface area contributed by atoms with Crippen LogP contribution in [0.3, 0.4) is 0 Å². The van der Waals surface area contributed by atoms with Gasteiger partial charge in [-0.15, -0.1) is 0 Å². The molecule has 104 valence electrons. The van der Waals surface area contributed by atoms with E-state index in [1.54, 1.807) is 0 Å². The van der Waals surface area contributed by atoms with E-state index in [9.17, 15) is 8.78 Å². The molecule has 19 heavy (non-hydrogen) atoms. The summed E-state index contributed by atoms with van der Waals surface area (Å²) in [5, 5.41) is 11.1. The molecule has 1 N–H and O–H groups in total. The minimum absolute atomic E-state index is 0.433. The maximum absolute atomic E-state index is 12.4. The van der Waals surface area contributed by atoms with Crippen molar-refractivity contribution < 1.29 is 8.78 Å². The fraction of sp³-hybridized carbons (Fsp3) is 0.500. The number of halogens is 2. The van der Waals surface area contributed by atoms with Crippen molar-refractivity contribution in [2.24, 2.45) is 0 Å². The van der Waals surface area contributed by atoms with Gasteiger partial charge in [0.2, 0.25) is 0 Å². The Morgan fingerprint density at radius 1 is 1.37 bits per heavy atom. The first kappa shape index (κ1) is 13.5. The van der Waals surface area contributed by atoms with E-state index in [1.807, 2.05) is 17.8 Å². The first-order chi connectivity index (χ1) is 9.10. The average Bonchev–Trinajstić information content (AvgIpc) is 2.94. The van der Waals surface area contributed by atoms with Crippen LogP contribution in [0.15, 0.2) is 18.5 Å². The summed E-state index contributed by atoms with van der Waals surface area (Å²) in [6.45, 7) is 2.81. The van der Waals surface area contributed by atoms with Crippen LogP contribution in [0.2, 0.25) is 0 Å². The van der Waals surface area contributed by atoms with Gasteiger partial charge in [-0.1, -0.05) is 6.92 Å². The predicted octanol–water partition coefficient (Wildman–Crippen LogP) is 2.81. The zero-order valence-electron chi connectivity index (χ0n) is 11.0. The molecule has 2 heterocycles. The Hall–Kier alpha value is -1.92. The van der Waals surface area contributed by atoms with E-state index in [1.165, 1.54) is 12.3 Å². The lowest BCUT2D eigenvalue weighted by atomic mass is 10.2. The molecule has 0 radical (unpaired) electrons. The molecular formula is C12H17F2N5. The maximum atomic E-state index is 12.4. The molecule has 0 aromatic carbocycles. The highest BCUT2D eigenvalue weighted by molar-refractivity contribution is 5.34. The van der Waals surface area contributed by atoms with Gasteiger partial charge < -0.3 is 5.32 Å². The molecule has 0 bridgehead atoms. The zero-order valence-corrected chi connectivity index (χ0v) is 11.0. The number of hydrogen-bond donors (Lipinski definition) is 1. The number of nitrogens with one attached hydrogen (secondary N) is 1. The number of hydrogen-bond acceptors (Lipinski definition) is 3. The lowest BCUT2D eigenvalue weighted by molar-refractivity contribution is 0.0569. The summed E-state index contributed by atoms with van der Waals surface area (Å²) < 4.78 is 27.2. The van der Waals surface area contributed by atoms with E-state index in [4.69, 9.17) is 0 Å². The third kappa shape index (κ3) is 3.30. The van der Waals surface area contributed by atoms with Crippen molar-refractivity contribution in [1.82, 2.24) is 19.6 Å². The molecule has 0 unspecified atom stereocenters. The van der Waals surface area contributed by atoms with Crippen molar-refractivity contribution in [3.05, 3.63) is 29.7 Å². The van der Waals surface area contributed by atoms with E-state index in [0.29, 0.717) is 17.0 Å². The molecule has 2 aromatic heterocycles. The molecule has 2 rings (SSSR count). The van der Waals surface area contributed by atoms with Gasteiger partial charge >= 0.3 is 6.55 Å². The molecular weight excluding hydrogens is 252 g/mol. The molecule has 0 atom stereocenters. The third-order valence-electron chi connectivity index (χ3n) is 2.77. The number of rotatable bonds is 6. The van der Waals surface area contributed by atoms with Crippen molar-refractivity contribution in [2.75, 3.05) is 5.32 Å². The van der Waals surface area contributed by atoms with Gasteiger partial charge in [0.15, 0.2) is 0 Å². The normalized spacial score (nSPS) is 11.2. The Morgan fingerprint density at radius 3 is 2.79 bits per heavy atom. The summed E-state index contributed by atoms with van der Waals surface area (Å²) in [5.41, 5.74) is 1.98. The van der Waals surface area contributed by atoms with Crippen LogP contribution in [0.25, 0.3) is 0 Å². The Balaban J connectivity index is 1.97. The second kappa shape index (κ2) is 5.81. The Morgan fingerprint density at radius 2 is 2.16 bits per heavy atom. The van der Waals surface area contributed by atoms with Crippen molar-refractivity contribution in [1.29, 1.82) is 0 Å². The van der Waals surface area contributed by atoms with Gasteiger partial charge in [0, 0.05) is 37.1 Å². The van der Waals surface area contributed by atoms with E-state index in [0.717, 1.165) is 24.2 Å². The number of nitrogens with zero attached hydrogens (tertiary/aromatic N) is 4. The molecule has 0 saturated carbocycles. The lowest BCUT2D eigenvalue weighted by Crippen LogP contribution is -2.03. The molecule has 0 saturated heterocycles. The van der Waals surface area contributed by atoms with Crippen LogP contribution in [0.5, 0.6) is 0 Å². The Labute approximate surface area is 110 Å². The number of alkyl halides is 2. The van der Waals surface area contributed by atoms with Crippen LogP contribution in [-0.2, 0) is 13.1 Å². The summed E-state index contributed by atoms with van der Waals surface area (Å²) >= 11 is 0. The van der Waals surface area contributed by atoms with Gasteiger partial charge in [-0.2, -0.15) is 19.0 Å². The van der Waals surface area contributed by atoms with Gasteiger partial charge in [0.05, 0.1) is 5.69 Å². The molecule has 0 aliphatic carbocycles. The van der Waals surface area contributed by atoms with Crippen LogP contribution in [0.4, 0.5) is 14.6 Å². The average molecular weight is 269 g/mol. The molecule has 0 spiro atoms. The lowest BCUT2D eigenvalue weighted by Gasteiger charge is -2.01. The smallest absolute Gasteiger partial charge is 0.333 e. The second-order valence-electron chi connectivity index (χ2n) is 4.32. The van der Waals surface area contributed by atoms with Gasteiger partial charge in [0.25, 0.3) is 0 Å². The highest BCUT2D eigenvalue weighted by Gasteiger charge is 2.08. The number of aryl methyl sites for hydroxylation is 2. The van der Waals surface area contributed by atoms with E-state index < -0.39 is 6.55 Å². The molecule has 0 amide bonds. The van der Waals surface area contributed by atoms with E-state index in [-0.39, 0.29) is 0 Å². The van der Waals surface area contributed by atoms with Gasteiger partial charge in [-0.3, -0.25) is 4.68 Å². The highest BCUT2D eigenvalue weighted by atomic mass is 19.3. The summed E-state index contributed by atoms with van der Waals surface area (Å²) in [7, 11) is 0. The molecule has 7 heteroatoms. The number of anilines is 1. The summed E-state index contributed by atoms with van der Waals surface area (Å²) in [6.07, 6.45) is 4.24. The molecule has 0 fully saturated rings. The van der Waals surface area contributed by atoms with Crippen LogP contribution in [-0.4, -0.2) is 19.6 Å². The van der Waals surface area contributed by atoms with Gasteiger partial charge in [-0.25, -0.2) is 4.68 Å². The molecule has 0 aliphatic rings. The van der Waals surface area contributed by atoms with Crippen molar-refractivity contribution in [2.45, 2.75) is 39.9 Å². The minimum Gasteiger partial charge on any atom is -0.364 e. The van der Waals surface area contributed by atoms with Crippen LogP contribution >= 0.6 is 0 Å². The quantitative estimate of drug-likeness (QED) is 0.877. The molecule has 0 aliphatic heterocycles. The van der Waals surface area contributed by atoms with Crippen molar-refractivity contribution in [3.63, 3.8) is 0 Å². The third-order valence-corrected chi connectivity index (χ3v) is 2.77. The largest absolute Gasteiger partial charge is 0.364 e. The first-order valence-corrected chi connectivity index (χ1v) is 6.20. The highest BCUT2D eigenvalue weighted by Crippen LogP contribution is 2.13. The van der Waals surface area contributed by atoms with Gasteiger partial charge in [-0.05, 0) is 13.3 Å². The van der Waals surface area contributed by atoms with Crippen molar-refractivity contribution in [3.8, 4) is 0 Å². The molecule has 5 nitrogen and oxygen atoms in total. The Bertz CT molecular complexity index is 532. The summed E-state index contributed by atoms with van der Waals surface area (Å²) in [4.78, 5) is 0. The van der Waals surface area contributed by atoms with Crippen LogP contribution in [0, 0.1) is 6.92 Å². The fourth-order valence-electron chi connectivity index (χ4n) is 1.80. The van der Waals surface area contributed by atoms with Crippen molar-refractivity contribution >= 4 is 5.82 Å². The predicted molar refractivity (Wildman–Crippen MR) is 68.1 cm³/mol. The van der Waals surface area contributed by atoms with E-state index >= 15 is 0 Å². The van der Waals surface area contributed by atoms with Crippen LogP contribution in [0.1, 0.15) is 31.2 Å². The second-order valence-corrected chi connectivity index (χ2v) is 4.32. The minimum atomic E-state index is -2.61. The SMILES string of the molecule is CCCn1cc(CNc2ccn(C(F)F)n2)c(C)n1. The summed E-state index contributed by atoms with van der Waals surface area (Å²) in [5.74, 6) is 0.433. The Kier molecular flexibility index (Phi) is 4.13. The maximum Gasteiger partial charge on any atom is 0.333 e. The van der Waals surface area contributed by atoms with Crippen LogP contribution < -0.4 is 5.32 Å². The standard InChI is InChI=1S/C12H17F2N5/c1-3-5-18-8-10(9(2)16-18)7-15-11-4-6-19(17-11)12(13)14/h4,6,8,12H,3,5,7H2,1-2H3,(H,15,17). The summed E-state index contributed by atoms with van der Waals surface area (Å²) in [6, 6.07) is 1.53.